The Hall–Kier alpha value is -1.42. The molecule has 2 rings (SSSR count). The number of nitrogens with one attached hydrogen (secondary N) is 1. The van der Waals surface area contributed by atoms with Gasteiger partial charge in [-0.25, -0.2) is 0 Å². The number of benzene rings is 1. The van der Waals surface area contributed by atoms with Crippen molar-refractivity contribution in [3.8, 4) is 0 Å². The first-order valence-electron chi connectivity index (χ1n) is 5.91. The molecule has 0 unspecified atom stereocenters. The fourth-order valence-electron chi connectivity index (χ4n) is 1.60. The Morgan fingerprint density at radius 3 is 2.39 bits per heavy atom. The lowest BCUT2D eigenvalue weighted by molar-refractivity contribution is -0.803. The van der Waals surface area contributed by atoms with Crippen LogP contribution in [-0.2, 0) is 5.66 Å². The summed E-state index contributed by atoms with van der Waals surface area (Å²) in [6.07, 6.45) is 2.02. The maximum absolute atomic E-state index is 6.03. The molecule has 0 radical (unpaired) electrons. The van der Waals surface area contributed by atoms with Crippen molar-refractivity contribution in [2.75, 3.05) is 0 Å². The summed E-state index contributed by atoms with van der Waals surface area (Å²) in [5.74, 6) is 0. The summed E-state index contributed by atoms with van der Waals surface area (Å²) >= 11 is 6.03. The number of aromatic nitrogens is 2. The van der Waals surface area contributed by atoms with Crippen LogP contribution in [0.5, 0.6) is 0 Å². The van der Waals surface area contributed by atoms with Gasteiger partial charge in [-0.1, -0.05) is 28.4 Å². The molecule has 0 spiro atoms. The number of halogens is 1. The maximum atomic E-state index is 6.03. The van der Waals surface area contributed by atoms with Gasteiger partial charge in [-0.3, -0.25) is 0 Å². The molecule has 4 nitrogen and oxygen atoms in total. The third kappa shape index (κ3) is 2.88. The predicted molar refractivity (Wildman–Crippen MR) is 72.6 cm³/mol. The van der Waals surface area contributed by atoms with Gasteiger partial charge in [0.25, 0.3) is 5.66 Å². The second-order valence-electron chi connectivity index (χ2n) is 5.30. The van der Waals surface area contributed by atoms with Crippen molar-refractivity contribution in [2.45, 2.75) is 38.4 Å². The zero-order valence-electron chi connectivity index (χ0n) is 11.1. The number of hydrogen-bond donors (Lipinski definition) is 1. The molecule has 0 bridgehead atoms. The van der Waals surface area contributed by atoms with Gasteiger partial charge >= 0.3 is 0 Å². The lowest BCUT2D eigenvalue weighted by Crippen LogP contribution is -2.52. The highest BCUT2D eigenvalue weighted by atomic mass is 35.5. The molecule has 0 atom stereocenters. The predicted octanol–water partition coefficient (Wildman–Crippen LogP) is 3.58. The first-order chi connectivity index (χ1) is 8.28. The molecule has 1 N–H and O–H groups in total. The van der Waals surface area contributed by atoms with Gasteiger partial charge in [-0.05, 0) is 26.0 Å². The Balaban J connectivity index is 2.37. The van der Waals surface area contributed by atoms with Crippen molar-refractivity contribution in [3.63, 3.8) is 0 Å². The molecule has 0 aliphatic rings. The highest BCUT2D eigenvalue weighted by molar-refractivity contribution is 6.23. The minimum atomic E-state index is -0.677. The van der Waals surface area contributed by atoms with E-state index in [1.54, 1.807) is 0 Å². The van der Waals surface area contributed by atoms with Crippen LogP contribution in [0.25, 0.3) is 10.9 Å². The molecule has 1 aromatic heterocycles. The third-order valence-corrected chi connectivity index (χ3v) is 2.67. The Morgan fingerprint density at radius 2 is 1.78 bits per heavy atom. The van der Waals surface area contributed by atoms with Crippen molar-refractivity contribution in [2.24, 2.45) is 10.2 Å². The first-order valence-corrected chi connectivity index (χ1v) is 6.29. The topological polar surface area (TPSA) is 44.4 Å². The summed E-state index contributed by atoms with van der Waals surface area (Å²) < 4.78 is 1.93. The summed E-state index contributed by atoms with van der Waals surface area (Å²) in [4.78, 5) is -0.677. The number of alkyl halides is 1. The second kappa shape index (κ2) is 4.35. The summed E-state index contributed by atoms with van der Waals surface area (Å²) in [6, 6.07) is 8.10. The fraction of sp³-hybridized carbons (Fsp3) is 0.462. The van der Waals surface area contributed by atoms with Crippen molar-refractivity contribution >= 4 is 22.5 Å². The van der Waals surface area contributed by atoms with Crippen molar-refractivity contribution < 1.29 is 4.68 Å². The van der Waals surface area contributed by atoms with Gasteiger partial charge in [0.1, 0.15) is 10.5 Å². The standard InChI is InChI=1S/C13H17ClN4/c1-12(2,14)16-17-13(3,4)18-9-10-7-5-6-8-11(10)15-18/h5-9H,1-4H3/p+1/b17-16+. The lowest BCUT2D eigenvalue weighted by Gasteiger charge is -2.13. The fourth-order valence-corrected chi connectivity index (χ4v) is 1.63. The van der Waals surface area contributed by atoms with E-state index in [2.05, 4.69) is 21.4 Å². The molecule has 1 aromatic carbocycles. The van der Waals surface area contributed by atoms with Crippen LogP contribution in [0.4, 0.5) is 0 Å². The molecule has 18 heavy (non-hydrogen) atoms. The number of para-hydroxylation sites is 1. The summed E-state index contributed by atoms with van der Waals surface area (Å²) in [7, 11) is 0. The Kier molecular flexibility index (Phi) is 3.15. The van der Waals surface area contributed by atoms with Crippen LogP contribution in [0, 0.1) is 0 Å². The van der Waals surface area contributed by atoms with Crippen LogP contribution >= 0.6 is 11.6 Å². The maximum Gasteiger partial charge on any atom is 0.295 e. The van der Waals surface area contributed by atoms with E-state index >= 15 is 0 Å². The Morgan fingerprint density at radius 1 is 1.11 bits per heavy atom. The average molecular weight is 266 g/mol. The van der Waals surface area contributed by atoms with Crippen LogP contribution in [0.3, 0.4) is 0 Å². The number of rotatable bonds is 3. The molecular weight excluding hydrogens is 248 g/mol. The normalized spacial score (nSPS) is 13.6. The van der Waals surface area contributed by atoms with Gasteiger partial charge in [-0.2, -0.15) is 10.2 Å². The van der Waals surface area contributed by atoms with E-state index in [-0.39, 0.29) is 0 Å². The summed E-state index contributed by atoms with van der Waals surface area (Å²) in [5.41, 5.74) is 0.580. The number of nitrogens with zero attached hydrogens (tertiary/aromatic N) is 3. The molecule has 0 saturated carbocycles. The van der Waals surface area contributed by atoms with Gasteiger partial charge in [0.2, 0.25) is 6.20 Å². The van der Waals surface area contributed by atoms with Gasteiger partial charge < -0.3 is 0 Å². The van der Waals surface area contributed by atoms with Crippen LogP contribution in [0.1, 0.15) is 27.7 Å². The molecule has 1 heterocycles. The van der Waals surface area contributed by atoms with Crippen LogP contribution in [0.15, 0.2) is 40.7 Å². The van der Waals surface area contributed by atoms with E-state index in [0.29, 0.717) is 0 Å². The first kappa shape index (κ1) is 13.0. The molecule has 0 aliphatic carbocycles. The highest BCUT2D eigenvalue weighted by Gasteiger charge is 2.31. The van der Waals surface area contributed by atoms with Crippen molar-refractivity contribution in [3.05, 3.63) is 30.5 Å². The van der Waals surface area contributed by atoms with Crippen molar-refractivity contribution in [1.29, 1.82) is 0 Å². The quantitative estimate of drug-likeness (QED) is 0.382. The van der Waals surface area contributed by atoms with Gasteiger partial charge in [0.15, 0.2) is 0 Å². The number of hydrogen-bond acceptors (Lipinski definition) is 2. The molecule has 0 aliphatic heterocycles. The molecule has 96 valence electrons. The van der Waals surface area contributed by atoms with Gasteiger partial charge in [-0.15, -0.1) is 5.11 Å². The molecule has 0 saturated heterocycles. The number of fused-ring (bicyclic) bond motifs is 1. The summed E-state index contributed by atoms with van der Waals surface area (Å²) in [5, 5.41) is 12.9. The molecular formula is C13H18ClN4+. The Bertz CT molecular complexity index is 545. The highest BCUT2D eigenvalue weighted by Crippen LogP contribution is 2.19. The smallest absolute Gasteiger partial charge is 0.165 e. The van der Waals surface area contributed by atoms with E-state index in [1.807, 2.05) is 56.8 Å². The zero-order chi connectivity index (χ0) is 13.4. The minimum Gasteiger partial charge on any atom is -0.165 e. The van der Waals surface area contributed by atoms with Crippen LogP contribution in [0.2, 0.25) is 0 Å². The summed E-state index contributed by atoms with van der Waals surface area (Å²) in [6.45, 7) is 7.58. The largest absolute Gasteiger partial charge is 0.295 e. The van der Waals surface area contributed by atoms with Gasteiger partial charge in [0.05, 0.1) is 5.39 Å². The molecule has 2 aromatic rings. The number of H-pyrrole nitrogens is 1. The minimum absolute atomic E-state index is 0.495. The van der Waals surface area contributed by atoms with E-state index in [1.165, 1.54) is 0 Å². The van der Waals surface area contributed by atoms with Crippen LogP contribution < -0.4 is 4.68 Å². The average Bonchev–Trinajstić information content (AvgIpc) is 2.70. The van der Waals surface area contributed by atoms with Crippen molar-refractivity contribution in [1.82, 2.24) is 5.10 Å². The Labute approximate surface area is 112 Å². The third-order valence-electron chi connectivity index (χ3n) is 2.59. The van der Waals surface area contributed by atoms with E-state index in [4.69, 9.17) is 11.6 Å². The second-order valence-corrected chi connectivity index (χ2v) is 6.23. The number of aromatic amines is 1. The molecule has 0 fully saturated rings. The van der Waals surface area contributed by atoms with E-state index in [0.717, 1.165) is 10.9 Å². The van der Waals surface area contributed by atoms with Crippen LogP contribution in [-0.4, -0.2) is 10.1 Å². The molecule has 0 amide bonds. The SMILES string of the molecule is CC(C)(Cl)/N=N/C(C)(C)[n+]1cc2ccccc2[nH]1. The molecule has 5 heteroatoms. The zero-order valence-corrected chi connectivity index (χ0v) is 11.9. The number of azo groups is 1. The lowest BCUT2D eigenvalue weighted by atomic mass is 10.2. The van der Waals surface area contributed by atoms with E-state index < -0.39 is 10.7 Å². The van der Waals surface area contributed by atoms with Gasteiger partial charge in [0, 0.05) is 13.8 Å². The van der Waals surface area contributed by atoms with E-state index in [9.17, 15) is 0 Å². The monoisotopic (exact) mass is 265 g/mol.